The molecule has 0 aliphatic heterocycles. The third-order valence-electron chi connectivity index (χ3n) is 2.36. The van der Waals surface area contributed by atoms with Crippen LogP contribution in [0.15, 0.2) is 6.20 Å². The number of hydrogen-bond donors (Lipinski definition) is 1. The molecule has 0 amide bonds. The molecule has 1 aromatic heterocycles. The number of carbonyl (C=O) groups is 1. The second kappa shape index (κ2) is 6.00. The van der Waals surface area contributed by atoms with E-state index >= 15 is 0 Å². The van der Waals surface area contributed by atoms with Crippen LogP contribution in [0.2, 0.25) is 0 Å². The number of esters is 1. The van der Waals surface area contributed by atoms with Crippen molar-refractivity contribution in [2.75, 3.05) is 6.54 Å². The zero-order valence-electron chi connectivity index (χ0n) is 11.9. The van der Waals surface area contributed by atoms with Gasteiger partial charge in [0.2, 0.25) is 0 Å². The molecule has 0 aromatic carbocycles. The van der Waals surface area contributed by atoms with E-state index in [9.17, 15) is 4.79 Å². The largest absolute Gasteiger partial charge is 0.460 e. The van der Waals surface area contributed by atoms with Crippen molar-refractivity contribution in [3.8, 4) is 0 Å². The fourth-order valence-electron chi connectivity index (χ4n) is 1.63. The van der Waals surface area contributed by atoms with Crippen molar-refractivity contribution in [1.82, 2.24) is 15.1 Å². The van der Waals surface area contributed by atoms with Gasteiger partial charge < -0.3 is 10.1 Å². The van der Waals surface area contributed by atoms with E-state index in [1.807, 2.05) is 40.9 Å². The lowest BCUT2D eigenvalue weighted by molar-refractivity contribution is -0.154. The summed E-state index contributed by atoms with van der Waals surface area (Å²) in [5.41, 5.74) is 1.76. The standard InChI is InChI=1S/C13H23N3O2/c1-10-11(9-16(5)15-10)8-14-7-6-12(17)18-13(2,3)4/h9,14H,6-8H2,1-5H3. The van der Waals surface area contributed by atoms with Crippen molar-refractivity contribution in [3.05, 3.63) is 17.5 Å². The predicted molar refractivity (Wildman–Crippen MR) is 70.1 cm³/mol. The van der Waals surface area contributed by atoms with E-state index in [2.05, 4.69) is 10.4 Å². The van der Waals surface area contributed by atoms with Crippen LogP contribution in [0.1, 0.15) is 38.4 Å². The number of aromatic nitrogens is 2. The van der Waals surface area contributed by atoms with Gasteiger partial charge in [-0.3, -0.25) is 9.48 Å². The van der Waals surface area contributed by atoms with Crippen molar-refractivity contribution >= 4 is 5.97 Å². The summed E-state index contributed by atoms with van der Waals surface area (Å²) in [6.07, 6.45) is 2.37. The quantitative estimate of drug-likeness (QED) is 0.639. The summed E-state index contributed by atoms with van der Waals surface area (Å²) < 4.78 is 7.01. The number of aryl methyl sites for hydroxylation is 2. The lowest BCUT2D eigenvalue weighted by atomic mass is 10.2. The highest BCUT2D eigenvalue weighted by molar-refractivity contribution is 5.70. The number of ether oxygens (including phenoxy) is 1. The van der Waals surface area contributed by atoms with Crippen LogP contribution in [-0.2, 0) is 23.1 Å². The first-order valence-electron chi connectivity index (χ1n) is 6.19. The highest BCUT2D eigenvalue weighted by Crippen LogP contribution is 2.08. The number of nitrogens with one attached hydrogen (secondary N) is 1. The summed E-state index contributed by atoms with van der Waals surface area (Å²) in [4.78, 5) is 11.5. The summed E-state index contributed by atoms with van der Waals surface area (Å²) in [5.74, 6) is -0.169. The summed E-state index contributed by atoms with van der Waals surface area (Å²) in [6.45, 7) is 8.93. The van der Waals surface area contributed by atoms with Crippen molar-refractivity contribution in [1.29, 1.82) is 0 Å². The molecule has 0 bridgehead atoms. The van der Waals surface area contributed by atoms with E-state index in [-0.39, 0.29) is 5.97 Å². The normalized spacial score (nSPS) is 11.6. The van der Waals surface area contributed by atoms with Gasteiger partial charge >= 0.3 is 5.97 Å². The molecule has 0 spiro atoms. The smallest absolute Gasteiger partial charge is 0.307 e. The number of rotatable bonds is 5. The Morgan fingerprint density at radius 1 is 1.50 bits per heavy atom. The van der Waals surface area contributed by atoms with Crippen LogP contribution in [0.5, 0.6) is 0 Å². The van der Waals surface area contributed by atoms with Crippen LogP contribution in [0.3, 0.4) is 0 Å². The van der Waals surface area contributed by atoms with E-state index in [4.69, 9.17) is 4.74 Å². The minimum Gasteiger partial charge on any atom is -0.460 e. The lowest BCUT2D eigenvalue weighted by Crippen LogP contribution is -2.26. The highest BCUT2D eigenvalue weighted by atomic mass is 16.6. The first-order valence-corrected chi connectivity index (χ1v) is 6.19. The van der Waals surface area contributed by atoms with Crippen LogP contribution in [-0.4, -0.2) is 27.9 Å². The molecule has 1 rings (SSSR count). The Kier molecular flexibility index (Phi) is 4.90. The Morgan fingerprint density at radius 2 is 2.17 bits per heavy atom. The van der Waals surface area contributed by atoms with Gasteiger partial charge in [0.1, 0.15) is 5.60 Å². The number of nitrogens with zero attached hydrogens (tertiary/aromatic N) is 2. The average Bonchev–Trinajstić information content (AvgIpc) is 2.49. The van der Waals surface area contributed by atoms with E-state index in [1.165, 1.54) is 0 Å². The van der Waals surface area contributed by atoms with Gasteiger partial charge in [0.25, 0.3) is 0 Å². The van der Waals surface area contributed by atoms with Crippen molar-refractivity contribution < 1.29 is 9.53 Å². The second-order valence-corrected chi connectivity index (χ2v) is 5.43. The Hall–Kier alpha value is -1.36. The fraction of sp³-hybridized carbons (Fsp3) is 0.692. The lowest BCUT2D eigenvalue weighted by Gasteiger charge is -2.19. The molecule has 0 aliphatic carbocycles. The maximum atomic E-state index is 11.5. The Balaban J connectivity index is 2.23. The molecule has 0 fully saturated rings. The van der Waals surface area contributed by atoms with Crippen molar-refractivity contribution in [2.45, 2.75) is 46.3 Å². The third kappa shape index (κ3) is 5.31. The molecule has 18 heavy (non-hydrogen) atoms. The van der Waals surface area contributed by atoms with Crippen molar-refractivity contribution in [3.63, 3.8) is 0 Å². The number of carbonyl (C=O) groups excluding carboxylic acids is 1. The molecular weight excluding hydrogens is 230 g/mol. The SMILES string of the molecule is Cc1nn(C)cc1CNCCC(=O)OC(C)(C)C. The van der Waals surface area contributed by atoms with Gasteiger partial charge in [0.15, 0.2) is 0 Å². The molecule has 0 unspecified atom stereocenters. The Morgan fingerprint density at radius 3 is 2.67 bits per heavy atom. The number of hydrogen-bond acceptors (Lipinski definition) is 4. The van der Waals surface area contributed by atoms with Crippen LogP contribution >= 0.6 is 0 Å². The molecule has 0 radical (unpaired) electrons. The zero-order valence-corrected chi connectivity index (χ0v) is 11.9. The van der Waals surface area contributed by atoms with Gasteiger partial charge in [-0.2, -0.15) is 5.10 Å². The summed E-state index contributed by atoms with van der Waals surface area (Å²) >= 11 is 0. The summed E-state index contributed by atoms with van der Waals surface area (Å²) in [5, 5.41) is 7.48. The monoisotopic (exact) mass is 253 g/mol. The minimum absolute atomic E-state index is 0.169. The molecule has 5 heteroatoms. The van der Waals surface area contributed by atoms with Crippen LogP contribution in [0.25, 0.3) is 0 Å². The Labute approximate surface area is 109 Å². The summed E-state index contributed by atoms with van der Waals surface area (Å²) in [7, 11) is 1.90. The molecule has 1 heterocycles. The van der Waals surface area contributed by atoms with Gasteiger partial charge in [-0.1, -0.05) is 0 Å². The maximum Gasteiger partial charge on any atom is 0.307 e. The molecular formula is C13H23N3O2. The van der Waals surface area contributed by atoms with Gasteiger partial charge in [0, 0.05) is 31.9 Å². The van der Waals surface area contributed by atoms with Crippen LogP contribution in [0.4, 0.5) is 0 Å². The summed E-state index contributed by atoms with van der Waals surface area (Å²) in [6, 6.07) is 0. The van der Waals surface area contributed by atoms with E-state index in [1.54, 1.807) is 4.68 Å². The molecule has 0 aliphatic rings. The van der Waals surface area contributed by atoms with Gasteiger partial charge in [-0.05, 0) is 27.7 Å². The van der Waals surface area contributed by atoms with E-state index in [0.717, 1.165) is 17.8 Å². The molecule has 0 saturated carbocycles. The average molecular weight is 253 g/mol. The van der Waals surface area contributed by atoms with Gasteiger partial charge in [-0.15, -0.1) is 0 Å². The van der Waals surface area contributed by atoms with E-state index < -0.39 is 5.60 Å². The van der Waals surface area contributed by atoms with Crippen molar-refractivity contribution in [2.24, 2.45) is 7.05 Å². The predicted octanol–water partition coefficient (Wildman–Crippen LogP) is 1.55. The third-order valence-corrected chi connectivity index (χ3v) is 2.36. The second-order valence-electron chi connectivity index (χ2n) is 5.43. The van der Waals surface area contributed by atoms with Gasteiger partial charge in [-0.25, -0.2) is 0 Å². The molecule has 0 atom stereocenters. The van der Waals surface area contributed by atoms with Gasteiger partial charge in [0.05, 0.1) is 12.1 Å². The first kappa shape index (κ1) is 14.7. The zero-order chi connectivity index (χ0) is 13.8. The molecule has 0 saturated heterocycles. The van der Waals surface area contributed by atoms with Crippen LogP contribution in [0, 0.1) is 6.92 Å². The Bertz CT molecular complexity index is 405. The minimum atomic E-state index is -0.406. The molecule has 1 N–H and O–H groups in total. The van der Waals surface area contributed by atoms with E-state index in [0.29, 0.717) is 13.0 Å². The maximum absolute atomic E-state index is 11.5. The fourth-order valence-corrected chi connectivity index (χ4v) is 1.63. The topological polar surface area (TPSA) is 56.2 Å². The van der Waals surface area contributed by atoms with Crippen LogP contribution < -0.4 is 5.32 Å². The highest BCUT2D eigenvalue weighted by Gasteiger charge is 2.15. The first-order chi connectivity index (χ1) is 8.28. The molecule has 102 valence electrons. The molecule has 5 nitrogen and oxygen atoms in total. The molecule has 1 aromatic rings.